The molecule has 28 heavy (non-hydrogen) atoms. The predicted molar refractivity (Wildman–Crippen MR) is 106 cm³/mol. The summed E-state index contributed by atoms with van der Waals surface area (Å²) in [7, 11) is -4.24. The Morgan fingerprint density at radius 2 is 1.54 bits per heavy atom. The van der Waals surface area contributed by atoms with E-state index in [9.17, 15) is 18.0 Å². The zero-order valence-electron chi connectivity index (χ0n) is 16.5. The zero-order valence-corrected chi connectivity index (χ0v) is 17.3. The van der Waals surface area contributed by atoms with E-state index in [0.29, 0.717) is 5.69 Å². The minimum Gasteiger partial charge on any atom is -0.307 e. The van der Waals surface area contributed by atoms with Crippen LogP contribution in [-0.2, 0) is 10.0 Å². The number of hydrogen-bond acceptors (Lipinski definition) is 6. The van der Waals surface area contributed by atoms with Crippen molar-refractivity contribution in [3.8, 4) is 0 Å². The lowest BCUT2D eigenvalue weighted by Crippen LogP contribution is -2.35. The maximum atomic E-state index is 12.4. The summed E-state index contributed by atoms with van der Waals surface area (Å²) in [4.78, 5) is 31.1. The van der Waals surface area contributed by atoms with Crippen molar-refractivity contribution < 1.29 is 18.0 Å². The highest BCUT2D eigenvalue weighted by atomic mass is 32.2. The Balaban J connectivity index is 2.27. The molecule has 0 fully saturated rings. The van der Waals surface area contributed by atoms with Crippen LogP contribution in [-0.4, -0.2) is 30.2 Å². The van der Waals surface area contributed by atoms with Gasteiger partial charge in [0.2, 0.25) is 0 Å². The second-order valence-electron chi connectivity index (χ2n) is 6.98. The van der Waals surface area contributed by atoms with Crippen molar-refractivity contribution in [2.75, 3.05) is 5.32 Å². The number of para-hydroxylation sites is 1. The Labute approximate surface area is 164 Å². The van der Waals surface area contributed by atoms with Crippen LogP contribution in [0.1, 0.15) is 68.1 Å². The number of carbonyl (C=O) groups is 2. The minimum absolute atomic E-state index is 0.0378. The van der Waals surface area contributed by atoms with E-state index in [1.165, 1.54) is 6.92 Å². The molecular formula is C19H24N4O4S. The number of nitrogens with zero attached hydrogens (tertiary/aromatic N) is 2. The Kier molecular flexibility index (Phi) is 6.50. The lowest BCUT2D eigenvalue weighted by molar-refractivity contribution is 0.101. The van der Waals surface area contributed by atoms with Crippen molar-refractivity contribution in [3.63, 3.8) is 0 Å². The smallest absolute Gasteiger partial charge is 0.307 e. The van der Waals surface area contributed by atoms with Crippen LogP contribution in [0.25, 0.3) is 0 Å². The number of anilines is 1. The lowest BCUT2D eigenvalue weighted by Gasteiger charge is -2.20. The third-order valence-electron chi connectivity index (χ3n) is 4.10. The SMILES string of the molecule is CC(=O)c1cnc(S(=O)(=O)NC(=O)Nc2c(C(C)C)cccc2C(C)C)cn1. The number of urea groups is 1. The fourth-order valence-electron chi connectivity index (χ4n) is 2.65. The van der Waals surface area contributed by atoms with Gasteiger partial charge in [0.1, 0.15) is 5.69 Å². The van der Waals surface area contributed by atoms with Gasteiger partial charge in [-0.05, 0) is 23.0 Å². The first kappa shape index (κ1) is 21.5. The van der Waals surface area contributed by atoms with E-state index in [1.54, 1.807) is 0 Å². The van der Waals surface area contributed by atoms with Gasteiger partial charge in [0, 0.05) is 12.6 Å². The Morgan fingerprint density at radius 1 is 0.964 bits per heavy atom. The normalized spacial score (nSPS) is 11.5. The second kappa shape index (κ2) is 8.47. The topological polar surface area (TPSA) is 118 Å². The molecule has 0 unspecified atom stereocenters. The summed E-state index contributed by atoms with van der Waals surface area (Å²) >= 11 is 0. The number of Topliss-reactive ketones (excluding diaryl/α,β-unsaturated/α-hetero) is 1. The number of sulfonamides is 1. The Morgan fingerprint density at radius 3 is 1.96 bits per heavy atom. The summed E-state index contributed by atoms with van der Waals surface area (Å²) in [6.07, 6.45) is 1.99. The number of ketones is 1. The molecule has 1 aromatic heterocycles. The van der Waals surface area contributed by atoms with Crippen molar-refractivity contribution in [1.82, 2.24) is 14.7 Å². The third-order valence-corrected chi connectivity index (χ3v) is 5.32. The molecule has 0 atom stereocenters. The molecule has 0 aliphatic carbocycles. The maximum absolute atomic E-state index is 12.4. The largest absolute Gasteiger partial charge is 0.333 e. The molecule has 0 aliphatic heterocycles. The molecule has 0 spiro atoms. The fourth-order valence-corrected chi connectivity index (χ4v) is 3.43. The number of amides is 2. The van der Waals surface area contributed by atoms with Gasteiger partial charge in [-0.15, -0.1) is 0 Å². The molecule has 150 valence electrons. The van der Waals surface area contributed by atoms with Gasteiger partial charge in [-0.2, -0.15) is 8.42 Å². The molecule has 8 nitrogen and oxygen atoms in total. The summed E-state index contributed by atoms with van der Waals surface area (Å²) in [6, 6.07) is 4.81. The molecule has 2 amide bonds. The van der Waals surface area contributed by atoms with Crippen molar-refractivity contribution in [2.45, 2.75) is 51.5 Å². The first-order valence-electron chi connectivity index (χ1n) is 8.82. The third kappa shape index (κ3) is 4.92. The summed E-state index contributed by atoms with van der Waals surface area (Å²) in [5.74, 6) is -0.0696. The highest BCUT2D eigenvalue weighted by molar-refractivity contribution is 7.90. The van der Waals surface area contributed by atoms with Crippen molar-refractivity contribution in [3.05, 3.63) is 47.4 Å². The van der Waals surface area contributed by atoms with E-state index in [4.69, 9.17) is 0 Å². The lowest BCUT2D eigenvalue weighted by atomic mass is 9.93. The second-order valence-corrected chi connectivity index (χ2v) is 8.61. The van der Waals surface area contributed by atoms with Gasteiger partial charge < -0.3 is 5.32 Å². The van der Waals surface area contributed by atoms with Crippen molar-refractivity contribution in [1.29, 1.82) is 0 Å². The van der Waals surface area contributed by atoms with Crippen LogP contribution in [0.2, 0.25) is 0 Å². The van der Waals surface area contributed by atoms with Crippen LogP contribution in [0.3, 0.4) is 0 Å². The first-order valence-corrected chi connectivity index (χ1v) is 10.3. The maximum Gasteiger partial charge on any atom is 0.333 e. The number of hydrogen-bond donors (Lipinski definition) is 2. The summed E-state index contributed by atoms with van der Waals surface area (Å²) in [6.45, 7) is 9.26. The molecule has 2 rings (SSSR count). The van der Waals surface area contributed by atoms with E-state index in [0.717, 1.165) is 23.5 Å². The standard InChI is InChI=1S/C19H24N4O4S/c1-11(2)14-7-6-8-15(12(3)4)18(14)22-19(25)23-28(26,27)17-10-20-16(9-21-17)13(5)24/h6-12H,1-5H3,(H2,22,23,25). The molecule has 0 saturated carbocycles. The number of carbonyl (C=O) groups excluding carboxylic acids is 2. The van der Waals surface area contributed by atoms with Crippen molar-refractivity contribution >= 4 is 27.5 Å². The van der Waals surface area contributed by atoms with Crippen LogP contribution >= 0.6 is 0 Å². The molecule has 0 radical (unpaired) electrons. The van der Waals surface area contributed by atoms with Crippen LogP contribution in [0.15, 0.2) is 35.6 Å². The quantitative estimate of drug-likeness (QED) is 0.712. The molecule has 0 aliphatic rings. The van der Waals surface area contributed by atoms with Crippen LogP contribution in [0.5, 0.6) is 0 Å². The summed E-state index contributed by atoms with van der Waals surface area (Å²) in [5, 5.41) is 2.22. The number of nitrogens with one attached hydrogen (secondary N) is 2. The highest BCUT2D eigenvalue weighted by Crippen LogP contribution is 2.32. The average molecular weight is 404 g/mol. The molecular weight excluding hydrogens is 380 g/mol. The molecule has 1 heterocycles. The number of benzene rings is 1. The van der Waals surface area contributed by atoms with Gasteiger partial charge in [-0.1, -0.05) is 45.9 Å². The minimum atomic E-state index is -4.24. The zero-order chi connectivity index (χ0) is 21.1. The van der Waals surface area contributed by atoms with E-state index in [-0.39, 0.29) is 23.3 Å². The molecule has 1 aromatic carbocycles. The molecule has 0 saturated heterocycles. The van der Waals surface area contributed by atoms with E-state index in [2.05, 4.69) is 15.3 Å². The van der Waals surface area contributed by atoms with Gasteiger partial charge in [0.05, 0.1) is 12.4 Å². The monoisotopic (exact) mass is 404 g/mol. The van der Waals surface area contributed by atoms with Crippen molar-refractivity contribution in [2.24, 2.45) is 0 Å². The molecule has 9 heteroatoms. The van der Waals surface area contributed by atoms with Crippen LogP contribution < -0.4 is 10.0 Å². The first-order chi connectivity index (χ1) is 13.0. The van der Waals surface area contributed by atoms with Gasteiger partial charge in [-0.25, -0.2) is 19.5 Å². The Hall–Kier alpha value is -2.81. The van der Waals surface area contributed by atoms with Crippen LogP contribution in [0, 0.1) is 0 Å². The van der Waals surface area contributed by atoms with Gasteiger partial charge >= 0.3 is 6.03 Å². The highest BCUT2D eigenvalue weighted by Gasteiger charge is 2.22. The average Bonchev–Trinajstić information content (AvgIpc) is 2.61. The van der Waals surface area contributed by atoms with Gasteiger partial charge in [0.25, 0.3) is 10.0 Å². The number of rotatable bonds is 6. The van der Waals surface area contributed by atoms with Gasteiger partial charge in [-0.3, -0.25) is 4.79 Å². The van der Waals surface area contributed by atoms with Crippen LogP contribution in [0.4, 0.5) is 10.5 Å². The molecule has 2 N–H and O–H groups in total. The summed E-state index contributed by atoms with van der Waals surface area (Å²) < 4.78 is 26.7. The van der Waals surface area contributed by atoms with E-state index < -0.39 is 21.1 Å². The van der Waals surface area contributed by atoms with E-state index in [1.807, 2.05) is 50.6 Å². The number of aromatic nitrogens is 2. The fraction of sp³-hybridized carbons (Fsp3) is 0.368. The van der Waals surface area contributed by atoms with E-state index >= 15 is 0 Å². The molecule has 2 aromatic rings. The van der Waals surface area contributed by atoms with Gasteiger partial charge in [0.15, 0.2) is 10.8 Å². The summed E-state index contributed by atoms with van der Waals surface area (Å²) in [5.41, 5.74) is 2.45. The molecule has 0 bridgehead atoms. The predicted octanol–water partition coefficient (Wildman–Crippen LogP) is 3.44. The Bertz CT molecular complexity index is 957.